The van der Waals surface area contributed by atoms with Crippen molar-refractivity contribution in [3.05, 3.63) is 71.8 Å². The topological polar surface area (TPSA) is 43.4 Å². The van der Waals surface area contributed by atoms with Crippen molar-refractivity contribution >= 4 is 22.1 Å². The molecule has 0 spiro atoms. The molecule has 3 nitrogen and oxygen atoms in total. The summed E-state index contributed by atoms with van der Waals surface area (Å²) in [4.78, 5) is 11.9. The summed E-state index contributed by atoms with van der Waals surface area (Å²) >= 11 is 0.157. The lowest BCUT2D eigenvalue weighted by Crippen LogP contribution is -2.18. The fourth-order valence-electron chi connectivity index (χ4n) is 1.81. The lowest BCUT2D eigenvalue weighted by atomic mass is 10.0. The first-order valence-corrected chi connectivity index (χ1v) is 6.91. The monoisotopic (exact) mass is 286 g/mol. The van der Waals surface area contributed by atoms with Crippen molar-refractivity contribution in [2.45, 2.75) is 13.0 Å². The summed E-state index contributed by atoms with van der Waals surface area (Å²) in [6.45, 7) is 1.47. The predicted octanol–water partition coefficient (Wildman–Crippen LogP) is 2.72. The van der Waals surface area contributed by atoms with Crippen molar-refractivity contribution in [2.24, 2.45) is 0 Å². The molecule has 0 aliphatic heterocycles. The van der Waals surface area contributed by atoms with Gasteiger partial charge in [-0.1, -0.05) is 60.7 Å². The molecule has 0 unspecified atom stereocenters. The second kappa shape index (κ2) is 6.82. The van der Waals surface area contributed by atoms with Crippen molar-refractivity contribution < 1.29 is 13.7 Å². The summed E-state index contributed by atoms with van der Waals surface area (Å²) in [5, 5.41) is 0. The zero-order valence-corrected chi connectivity index (χ0v) is 11.8. The van der Waals surface area contributed by atoms with Gasteiger partial charge in [0.25, 0.3) is 0 Å². The van der Waals surface area contributed by atoms with Gasteiger partial charge in [-0.3, -0.25) is 0 Å². The van der Waals surface area contributed by atoms with Crippen LogP contribution >= 0.6 is 0 Å². The second-order valence-electron chi connectivity index (χ2n) is 4.25. The molecule has 4 heteroatoms. The third kappa shape index (κ3) is 3.42. The highest BCUT2D eigenvalue weighted by Crippen LogP contribution is 2.25. The van der Waals surface area contributed by atoms with Crippen LogP contribution in [0.5, 0.6) is 0 Å². The number of esters is 1. The molecule has 2 rings (SSSR count). The van der Waals surface area contributed by atoms with Gasteiger partial charge < -0.3 is 4.74 Å². The molecule has 2 aromatic carbocycles. The number of rotatable bonds is 4. The van der Waals surface area contributed by atoms with E-state index in [4.69, 9.17) is 4.74 Å². The lowest BCUT2D eigenvalue weighted by Gasteiger charge is -2.18. The molecule has 0 atom stereocenters. The van der Waals surface area contributed by atoms with Gasteiger partial charge in [0.05, 0.1) is 11.3 Å². The standard InChI is InChI=1S/C16H14O3S/c1-12(20-18)16(17)19-15(13-8-4-2-5-9-13)14-10-6-3-7-11-14/h2-11,15H,1H3. The van der Waals surface area contributed by atoms with Crippen LogP contribution in [0.3, 0.4) is 0 Å². The van der Waals surface area contributed by atoms with E-state index in [0.717, 1.165) is 11.1 Å². The molecule has 0 saturated carbocycles. The normalized spacial score (nSPS) is 10.1. The number of hydrogen-bond acceptors (Lipinski definition) is 3. The quantitative estimate of drug-likeness (QED) is 0.641. The minimum Gasteiger partial charge on any atom is -0.449 e. The van der Waals surface area contributed by atoms with Crippen LogP contribution in [-0.2, 0) is 20.8 Å². The largest absolute Gasteiger partial charge is 0.449 e. The van der Waals surface area contributed by atoms with Gasteiger partial charge >= 0.3 is 5.97 Å². The molecule has 0 heterocycles. The minimum atomic E-state index is -0.581. The van der Waals surface area contributed by atoms with E-state index in [2.05, 4.69) is 0 Å². The Labute approximate surface area is 121 Å². The van der Waals surface area contributed by atoms with E-state index in [1.807, 2.05) is 60.7 Å². The van der Waals surface area contributed by atoms with Gasteiger partial charge in [0.2, 0.25) is 0 Å². The summed E-state index contributed by atoms with van der Waals surface area (Å²) in [6.07, 6.45) is -0.507. The summed E-state index contributed by atoms with van der Waals surface area (Å²) in [5.41, 5.74) is 1.74. The third-order valence-corrected chi connectivity index (χ3v) is 3.26. The molecular weight excluding hydrogens is 272 g/mol. The third-order valence-electron chi connectivity index (χ3n) is 2.84. The Kier molecular flexibility index (Phi) is 4.85. The maximum Gasteiger partial charge on any atom is 0.348 e. The fourth-order valence-corrected chi connectivity index (χ4v) is 1.92. The van der Waals surface area contributed by atoms with E-state index in [0.29, 0.717) is 0 Å². The Balaban J connectivity index is 2.36. The van der Waals surface area contributed by atoms with Crippen LogP contribution in [0.1, 0.15) is 24.2 Å². The van der Waals surface area contributed by atoms with Gasteiger partial charge in [-0.15, -0.1) is 0 Å². The van der Waals surface area contributed by atoms with Crippen molar-refractivity contribution in [1.29, 1.82) is 0 Å². The number of carbonyl (C=O) groups is 1. The molecule has 0 saturated heterocycles. The molecule has 0 amide bonds. The van der Waals surface area contributed by atoms with E-state index in [1.54, 1.807) is 0 Å². The van der Waals surface area contributed by atoms with Crippen LogP contribution in [0.2, 0.25) is 0 Å². The summed E-state index contributed by atoms with van der Waals surface area (Å²) in [7, 11) is 0. The Morgan fingerprint density at radius 3 is 1.80 bits per heavy atom. The van der Waals surface area contributed by atoms with E-state index in [9.17, 15) is 9.00 Å². The molecule has 0 N–H and O–H groups in total. The highest BCUT2D eigenvalue weighted by atomic mass is 32.1. The first-order valence-electron chi connectivity index (χ1n) is 6.16. The molecule has 0 aliphatic rings. The van der Waals surface area contributed by atoms with Crippen LogP contribution < -0.4 is 0 Å². The minimum absolute atomic E-state index is 0.0989. The fraction of sp³-hybridized carbons (Fsp3) is 0.125. The molecule has 20 heavy (non-hydrogen) atoms. The Bertz CT molecular complexity index is 592. The average molecular weight is 286 g/mol. The summed E-state index contributed by atoms with van der Waals surface area (Å²) in [6, 6.07) is 18.9. The average Bonchev–Trinajstić information content (AvgIpc) is 2.53. The maximum atomic E-state index is 11.9. The second-order valence-corrected chi connectivity index (χ2v) is 5.03. The number of benzene rings is 2. The Hall–Kier alpha value is -2.20. The predicted molar refractivity (Wildman–Crippen MR) is 79.6 cm³/mol. The first-order chi connectivity index (χ1) is 9.72. The van der Waals surface area contributed by atoms with E-state index >= 15 is 0 Å². The van der Waals surface area contributed by atoms with Gasteiger partial charge in [-0.2, -0.15) is 0 Å². The van der Waals surface area contributed by atoms with Crippen molar-refractivity contribution in [3.63, 3.8) is 0 Å². The molecule has 2 aromatic rings. The zero-order valence-electron chi connectivity index (χ0n) is 11.0. The highest BCUT2D eigenvalue weighted by Gasteiger charge is 2.19. The van der Waals surface area contributed by atoms with Crippen molar-refractivity contribution in [1.82, 2.24) is 0 Å². The molecule has 0 aliphatic carbocycles. The molecule has 102 valence electrons. The van der Waals surface area contributed by atoms with Gasteiger partial charge in [0, 0.05) is 0 Å². The van der Waals surface area contributed by atoms with Crippen LogP contribution in [0.15, 0.2) is 60.7 Å². The maximum absolute atomic E-state index is 11.9. The molecule has 0 bridgehead atoms. The Morgan fingerprint density at radius 1 is 0.950 bits per heavy atom. The SMILES string of the molecule is CC(=S=O)C(=O)OC(c1ccccc1)c1ccccc1. The highest BCUT2D eigenvalue weighted by molar-refractivity contribution is 7.68. The van der Waals surface area contributed by atoms with Crippen molar-refractivity contribution in [3.8, 4) is 0 Å². The summed E-state index contributed by atoms with van der Waals surface area (Å²) < 4.78 is 16.2. The van der Waals surface area contributed by atoms with Crippen LogP contribution in [-0.4, -0.2) is 15.0 Å². The van der Waals surface area contributed by atoms with Gasteiger partial charge in [0.15, 0.2) is 6.10 Å². The van der Waals surface area contributed by atoms with E-state index in [1.165, 1.54) is 6.92 Å². The number of ether oxygens (including phenoxy) is 1. The lowest BCUT2D eigenvalue weighted by molar-refractivity contribution is -0.139. The first kappa shape index (κ1) is 14.2. The molecule has 0 radical (unpaired) electrons. The van der Waals surface area contributed by atoms with Crippen LogP contribution in [0, 0.1) is 0 Å². The molecule has 0 aromatic heterocycles. The zero-order chi connectivity index (χ0) is 14.4. The Morgan fingerprint density at radius 2 is 1.40 bits per heavy atom. The molecule has 0 fully saturated rings. The number of hydrogen-bond donors (Lipinski definition) is 0. The van der Waals surface area contributed by atoms with Gasteiger partial charge in [-0.05, 0) is 18.1 Å². The van der Waals surface area contributed by atoms with Gasteiger partial charge in [-0.25, -0.2) is 9.00 Å². The van der Waals surface area contributed by atoms with Crippen LogP contribution in [0.4, 0.5) is 0 Å². The van der Waals surface area contributed by atoms with Gasteiger partial charge in [0.1, 0.15) is 4.86 Å². The van der Waals surface area contributed by atoms with Crippen LogP contribution in [0.25, 0.3) is 0 Å². The molecular formula is C16H14O3S. The van der Waals surface area contributed by atoms with E-state index in [-0.39, 0.29) is 16.1 Å². The van der Waals surface area contributed by atoms with Crippen molar-refractivity contribution in [2.75, 3.05) is 0 Å². The summed E-state index contributed by atoms with van der Waals surface area (Å²) in [5.74, 6) is -0.581. The smallest absolute Gasteiger partial charge is 0.348 e. The number of carbonyl (C=O) groups excluding carboxylic acids is 1. The van der Waals surface area contributed by atoms with E-state index < -0.39 is 12.1 Å².